The smallest absolute Gasteiger partial charge is 0.325 e. The van der Waals surface area contributed by atoms with Gasteiger partial charge in [-0.25, -0.2) is 4.79 Å². The first-order valence-corrected chi connectivity index (χ1v) is 11.3. The van der Waals surface area contributed by atoms with E-state index in [1.807, 2.05) is 63.2 Å². The normalized spacial score (nSPS) is 19.4. The first-order chi connectivity index (χ1) is 15.2. The SMILES string of the molecule is CCC1(c2ccccc2)NC(=O)N(CC(=O)NC(c2ccc(C(C)C)cc2)C(C)C)C1=O. The van der Waals surface area contributed by atoms with Crippen molar-refractivity contribution in [2.75, 3.05) is 6.54 Å². The van der Waals surface area contributed by atoms with Crippen LogP contribution in [0.1, 0.15) is 69.7 Å². The summed E-state index contributed by atoms with van der Waals surface area (Å²) in [6, 6.07) is 16.6. The molecule has 1 fully saturated rings. The van der Waals surface area contributed by atoms with Gasteiger partial charge in [-0.3, -0.25) is 14.5 Å². The molecular weight excluding hydrogens is 402 g/mol. The molecule has 2 aromatic carbocycles. The Balaban J connectivity index is 1.75. The van der Waals surface area contributed by atoms with E-state index in [0.29, 0.717) is 17.9 Å². The van der Waals surface area contributed by atoms with Crippen molar-refractivity contribution in [2.24, 2.45) is 5.92 Å². The Morgan fingerprint density at radius 1 is 0.969 bits per heavy atom. The van der Waals surface area contributed by atoms with E-state index >= 15 is 0 Å². The topological polar surface area (TPSA) is 78.5 Å². The molecule has 32 heavy (non-hydrogen) atoms. The van der Waals surface area contributed by atoms with Gasteiger partial charge in [-0.1, -0.05) is 89.2 Å². The number of hydrogen-bond acceptors (Lipinski definition) is 3. The van der Waals surface area contributed by atoms with Crippen molar-refractivity contribution in [1.29, 1.82) is 0 Å². The summed E-state index contributed by atoms with van der Waals surface area (Å²) in [6.45, 7) is 9.89. The highest BCUT2D eigenvalue weighted by molar-refractivity contribution is 6.09. The third kappa shape index (κ3) is 4.54. The van der Waals surface area contributed by atoms with Crippen molar-refractivity contribution in [3.63, 3.8) is 0 Å². The number of nitrogens with one attached hydrogen (secondary N) is 2. The number of benzene rings is 2. The number of urea groups is 1. The minimum atomic E-state index is -1.14. The molecule has 1 aliphatic rings. The number of hydrogen-bond donors (Lipinski definition) is 2. The third-order valence-electron chi connectivity index (χ3n) is 6.22. The van der Waals surface area contributed by atoms with Crippen molar-refractivity contribution in [3.05, 3.63) is 71.3 Å². The summed E-state index contributed by atoms with van der Waals surface area (Å²) in [5, 5.41) is 5.84. The van der Waals surface area contributed by atoms with Gasteiger partial charge in [0.1, 0.15) is 12.1 Å². The largest absolute Gasteiger partial charge is 0.347 e. The zero-order valence-corrected chi connectivity index (χ0v) is 19.5. The fourth-order valence-electron chi connectivity index (χ4n) is 4.22. The molecule has 1 saturated heterocycles. The highest BCUT2D eigenvalue weighted by Crippen LogP contribution is 2.32. The van der Waals surface area contributed by atoms with Gasteiger partial charge in [-0.15, -0.1) is 0 Å². The molecule has 1 aliphatic heterocycles. The van der Waals surface area contributed by atoms with Crippen LogP contribution in [0.4, 0.5) is 4.79 Å². The molecule has 2 atom stereocenters. The second-order valence-electron chi connectivity index (χ2n) is 9.06. The molecule has 3 rings (SSSR count). The van der Waals surface area contributed by atoms with Crippen molar-refractivity contribution < 1.29 is 14.4 Å². The van der Waals surface area contributed by atoms with Gasteiger partial charge in [0.15, 0.2) is 0 Å². The Bertz CT molecular complexity index is 970. The first-order valence-electron chi connectivity index (χ1n) is 11.3. The van der Waals surface area contributed by atoms with Crippen LogP contribution < -0.4 is 10.6 Å². The summed E-state index contributed by atoms with van der Waals surface area (Å²) < 4.78 is 0. The van der Waals surface area contributed by atoms with Crippen molar-refractivity contribution >= 4 is 17.8 Å². The Labute approximate surface area is 190 Å². The van der Waals surface area contributed by atoms with E-state index in [1.165, 1.54) is 5.56 Å². The predicted molar refractivity (Wildman–Crippen MR) is 125 cm³/mol. The number of nitrogens with zero attached hydrogens (tertiary/aromatic N) is 1. The molecule has 2 unspecified atom stereocenters. The lowest BCUT2D eigenvalue weighted by Gasteiger charge is -2.26. The van der Waals surface area contributed by atoms with Crippen LogP contribution in [0, 0.1) is 5.92 Å². The molecule has 0 saturated carbocycles. The second kappa shape index (κ2) is 9.55. The van der Waals surface area contributed by atoms with Crippen LogP contribution in [0.15, 0.2) is 54.6 Å². The summed E-state index contributed by atoms with van der Waals surface area (Å²) in [6.07, 6.45) is 0.399. The lowest BCUT2D eigenvalue weighted by atomic mass is 9.87. The van der Waals surface area contributed by atoms with Crippen LogP contribution >= 0.6 is 0 Å². The quantitative estimate of drug-likeness (QED) is 0.600. The maximum atomic E-state index is 13.3. The molecule has 0 radical (unpaired) electrons. The first kappa shape index (κ1) is 23.5. The van der Waals surface area contributed by atoms with Gasteiger partial charge < -0.3 is 10.6 Å². The number of imide groups is 1. The van der Waals surface area contributed by atoms with Crippen LogP contribution in [0.5, 0.6) is 0 Å². The fraction of sp³-hybridized carbons (Fsp3) is 0.423. The Hall–Kier alpha value is -3.15. The average molecular weight is 436 g/mol. The van der Waals surface area contributed by atoms with E-state index in [1.54, 1.807) is 0 Å². The van der Waals surface area contributed by atoms with Crippen LogP contribution in [0.25, 0.3) is 0 Å². The van der Waals surface area contributed by atoms with E-state index in [9.17, 15) is 14.4 Å². The molecule has 4 amide bonds. The summed E-state index contributed by atoms with van der Waals surface area (Å²) in [4.78, 5) is 39.9. The summed E-state index contributed by atoms with van der Waals surface area (Å²) >= 11 is 0. The van der Waals surface area contributed by atoms with Gasteiger partial charge >= 0.3 is 6.03 Å². The molecule has 0 aliphatic carbocycles. The molecule has 0 aromatic heterocycles. The molecule has 2 N–H and O–H groups in total. The van der Waals surface area contributed by atoms with E-state index in [0.717, 1.165) is 10.5 Å². The Morgan fingerprint density at radius 3 is 2.09 bits per heavy atom. The fourth-order valence-corrected chi connectivity index (χ4v) is 4.22. The summed E-state index contributed by atoms with van der Waals surface area (Å²) in [5.74, 6) is -0.181. The van der Waals surface area contributed by atoms with Crippen LogP contribution in [-0.4, -0.2) is 29.3 Å². The highest BCUT2D eigenvalue weighted by atomic mass is 16.2. The predicted octanol–water partition coefficient (Wildman–Crippen LogP) is 4.48. The molecule has 0 bridgehead atoms. The molecule has 1 heterocycles. The molecule has 6 heteroatoms. The molecule has 0 spiro atoms. The van der Waals surface area contributed by atoms with Crippen LogP contribution in [0.2, 0.25) is 0 Å². The minimum absolute atomic E-state index is 0.144. The summed E-state index contributed by atoms with van der Waals surface area (Å²) in [7, 11) is 0. The number of carbonyl (C=O) groups excluding carboxylic acids is 3. The maximum absolute atomic E-state index is 13.3. The van der Waals surface area contributed by atoms with Crippen molar-refractivity contribution in [1.82, 2.24) is 15.5 Å². The standard InChI is InChI=1S/C26H33N3O3/c1-6-26(21-10-8-7-9-11-21)24(31)29(25(32)28-26)16-22(30)27-23(18(4)5)20-14-12-19(13-15-20)17(2)3/h7-15,17-18,23H,6,16H2,1-5H3,(H,27,30)(H,28,32). The monoisotopic (exact) mass is 435 g/mol. The Kier molecular flexibility index (Phi) is 7.02. The number of amides is 4. The van der Waals surface area contributed by atoms with Gasteiger partial charge in [0.25, 0.3) is 5.91 Å². The zero-order chi connectivity index (χ0) is 23.5. The van der Waals surface area contributed by atoms with Crippen LogP contribution in [-0.2, 0) is 15.1 Å². The zero-order valence-electron chi connectivity index (χ0n) is 19.5. The molecule has 6 nitrogen and oxygen atoms in total. The lowest BCUT2D eigenvalue weighted by molar-refractivity contribution is -0.135. The Morgan fingerprint density at radius 2 is 1.56 bits per heavy atom. The molecule has 2 aromatic rings. The number of rotatable bonds is 8. The number of carbonyl (C=O) groups is 3. The van der Waals surface area contributed by atoms with E-state index in [2.05, 4.69) is 36.6 Å². The van der Waals surface area contributed by atoms with Gasteiger partial charge in [0.05, 0.1) is 6.04 Å². The van der Waals surface area contributed by atoms with Crippen LogP contribution in [0.3, 0.4) is 0 Å². The molecular formula is C26H33N3O3. The van der Waals surface area contributed by atoms with Crippen molar-refractivity contribution in [3.8, 4) is 0 Å². The maximum Gasteiger partial charge on any atom is 0.325 e. The van der Waals surface area contributed by atoms with E-state index in [-0.39, 0.29) is 24.4 Å². The molecule has 170 valence electrons. The van der Waals surface area contributed by atoms with Gasteiger partial charge in [-0.05, 0) is 34.9 Å². The van der Waals surface area contributed by atoms with Gasteiger partial charge in [-0.2, -0.15) is 0 Å². The van der Waals surface area contributed by atoms with E-state index < -0.39 is 17.5 Å². The lowest BCUT2D eigenvalue weighted by Crippen LogP contribution is -2.45. The van der Waals surface area contributed by atoms with Gasteiger partial charge in [0.2, 0.25) is 5.91 Å². The summed E-state index contributed by atoms with van der Waals surface area (Å²) in [5.41, 5.74) is 1.82. The highest BCUT2D eigenvalue weighted by Gasteiger charge is 2.51. The van der Waals surface area contributed by atoms with E-state index in [4.69, 9.17) is 0 Å². The van der Waals surface area contributed by atoms with Gasteiger partial charge in [0, 0.05) is 0 Å². The second-order valence-corrected chi connectivity index (χ2v) is 9.06. The van der Waals surface area contributed by atoms with Crippen molar-refractivity contribution in [2.45, 2.75) is 58.5 Å². The third-order valence-corrected chi connectivity index (χ3v) is 6.22. The minimum Gasteiger partial charge on any atom is -0.347 e. The average Bonchev–Trinajstić information content (AvgIpc) is 3.03.